The number of pyridine rings is 1. The van der Waals surface area contributed by atoms with Crippen LogP contribution in [0.5, 0.6) is 0 Å². The highest BCUT2D eigenvalue weighted by Crippen LogP contribution is 2.25. The van der Waals surface area contributed by atoms with Crippen LogP contribution < -0.4 is 10.2 Å². The Labute approximate surface area is 122 Å². The quantitative estimate of drug-likeness (QED) is 0.810. The van der Waals surface area contributed by atoms with Crippen LogP contribution in [0.3, 0.4) is 0 Å². The predicted octanol–water partition coefficient (Wildman–Crippen LogP) is 2.30. The van der Waals surface area contributed by atoms with E-state index in [1.165, 1.54) is 12.0 Å². The van der Waals surface area contributed by atoms with Crippen molar-refractivity contribution in [1.82, 2.24) is 10.3 Å². The third-order valence-electron chi connectivity index (χ3n) is 4.28. The predicted molar refractivity (Wildman–Crippen MR) is 83.0 cm³/mol. The summed E-state index contributed by atoms with van der Waals surface area (Å²) >= 11 is 0. The molecule has 112 valence electrons. The number of methoxy groups -OCH3 is 1. The van der Waals surface area contributed by atoms with Crippen molar-refractivity contribution in [3.63, 3.8) is 0 Å². The Bertz CT molecular complexity index is 393. The number of ether oxygens (including phenoxy) is 1. The number of nitrogens with one attached hydrogen (secondary N) is 1. The van der Waals surface area contributed by atoms with Gasteiger partial charge in [0, 0.05) is 39.5 Å². The Morgan fingerprint density at radius 2 is 2.20 bits per heavy atom. The first-order valence-electron chi connectivity index (χ1n) is 7.60. The van der Waals surface area contributed by atoms with Crippen molar-refractivity contribution in [3.8, 4) is 0 Å². The van der Waals surface area contributed by atoms with Crippen molar-refractivity contribution >= 4 is 5.82 Å². The van der Waals surface area contributed by atoms with Crippen LogP contribution in [0.2, 0.25) is 0 Å². The summed E-state index contributed by atoms with van der Waals surface area (Å²) in [6, 6.07) is 4.32. The molecule has 2 unspecified atom stereocenters. The van der Waals surface area contributed by atoms with E-state index in [4.69, 9.17) is 4.74 Å². The van der Waals surface area contributed by atoms with Gasteiger partial charge in [0.1, 0.15) is 5.82 Å². The SMILES string of the molecule is COCCNCc1ccc(N2CCC(C)C(C)C2)nc1. The molecule has 2 atom stereocenters. The number of rotatable bonds is 6. The highest BCUT2D eigenvalue weighted by Gasteiger charge is 2.23. The Kier molecular flexibility index (Phi) is 5.80. The molecular weight excluding hydrogens is 250 g/mol. The van der Waals surface area contributed by atoms with Crippen LogP contribution in [0.1, 0.15) is 25.8 Å². The largest absolute Gasteiger partial charge is 0.383 e. The van der Waals surface area contributed by atoms with Crippen molar-refractivity contribution in [3.05, 3.63) is 23.9 Å². The van der Waals surface area contributed by atoms with E-state index in [1.54, 1.807) is 7.11 Å². The lowest BCUT2D eigenvalue weighted by molar-refractivity contribution is 0.199. The van der Waals surface area contributed by atoms with Gasteiger partial charge in [-0.2, -0.15) is 0 Å². The van der Waals surface area contributed by atoms with Gasteiger partial charge < -0.3 is 15.0 Å². The Morgan fingerprint density at radius 1 is 1.35 bits per heavy atom. The van der Waals surface area contributed by atoms with Crippen LogP contribution in [0.15, 0.2) is 18.3 Å². The lowest BCUT2D eigenvalue weighted by Gasteiger charge is -2.36. The van der Waals surface area contributed by atoms with Gasteiger partial charge in [0.05, 0.1) is 6.61 Å². The van der Waals surface area contributed by atoms with Gasteiger partial charge >= 0.3 is 0 Å². The molecule has 0 aliphatic carbocycles. The maximum Gasteiger partial charge on any atom is 0.128 e. The first-order valence-corrected chi connectivity index (χ1v) is 7.60. The highest BCUT2D eigenvalue weighted by atomic mass is 16.5. The fraction of sp³-hybridized carbons (Fsp3) is 0.688. The van der Waals surface area contributed by atoms with Crippen molar-refractivity contribution in [2.75, 3.05) is 38.3 Å². The Hall–Kier alpha value is -1.13. The molecule has 1 aliphatic heterocycles. The van der Waals surface area contributed by atoms with Gasteiger partial charge in [-0.3, -0.25) is 0 Å². The molecule has 1 aromatic heterocycles. The first kappa shape index (κ1) is 15.3. The van der Waals surface area contributed by atoms with Crippen molar-refractivity contribution < 1.29 is 4.74 Å². The zero-order valence-electron chi connectivity index (χ0n) is 12.9. The fourth-order valence-electron chi connectivity index (χ4n) is 2.59. The Balaban J connectivity index is 1.85. The molecule has 2 heterocycles. The monoisotopic (exact) mass is 277 g/mol. The van der Waals surface area contributed by atoms with E-state index in [9.17, 15) is 0 Å². The van der Waals surface area contributed by atoms with Crippen LogP contribution in [-0.2, 0) is 11.3 Å². The van der Waals surface area contributed by atoms with Crippen LogP contribution >= 0.6 is 0 Å². The van der Waals surface area contributed by atoms with Gasteiger partial charge in [-0.1, -0.05) is 19.9 Å². The Morgan fingerprint density at radius 3 is 2.85 bits per heavy atom. The van der Waals surface area contributed by atoms with Gasteiger partial charge in [-0.25, -0.2) is 4.98 Å². The second-order valence-corrected chi connectivity index (χ2v) is 5.88. The minimum absolute atomic E-state index is 0.745. The van der Waals surface area contributed by atoms with Crippen molar-refractivity contribution in [1.29, 1.82) is 0 Å². The third kappa shape index (κ3) is 4.18. The topological polar surface area (TPSA) is 37.4 Å². The van der Waals surface area contributed by atoms with E-state index in [1.807, 2.05) is 6.20 Å². The average Bonchev–Trinajstić information content (AvgIpc) is 2.47. The highest BCUT2D eigenvalue weighted by molar-refractivity contribution is 5.39. The molecule has 0 saturated carbocycles. The smallest absolute Gasteiger partial charge is 0.128 e. The molecule has 1 saturated heterocycles. The molecule has 20 heavy (non-hydrogen) atoms. The molecule has 0 bridgehead atoms. The summed E-state index contributed by atoms with van der Waals surface area (Å²) in [4.78, 5) is 7.02. The van der Waals surface area contributed by atoms with Crippen molar-refractivity contribution in [2.45, 2.75) is 26.8 Å². The van der Waals surface area contributed by atoms with Gasteiger partial charge in [0.15, 0.2) is 0 Å². The summed E-state index contributed by atoms with van der Waals surface area (Å²) in [6.07, 6.45) is 3.25. The summed E-state index contributed by atoms with van der Waals surface area (Å²) in [6.45, 7) is 9.41. The summed E-state index contributed by atoms with van der Waals surface area (Å²) in [7, 11) is 1.72. The van der Waals surface area contributed by atoms with Gasteiger partial charge in [-0.15, -0.1) is 0 Å². The number of hydrogen-bond donors (Lipinski definition) is 1. The summed E-state index contributed by atoms with van der Waals surface area (Å²) < 4.78 is 5.01. The molecule has 1 fully saturated rings. The van der Waals surface area contributed by atoms with Crippen LogP contribution in [0.4, 0.5) is 5.82 Å². The standard InChI is InChI=1S/C16H27N3O/c1-13-6-8-19(12-14(13)2)16-5-4-15(11-18-16)10-17-7-9-20-3/h4-5,11,13-14,17H,6-10,12H2,1-3H3. The van der Waals surface area contributed by atoms with Gasteiger partial charge in [0.25, 0.3) is 0 Å². The lowest BCUT2D eigenvalue weighted by Crippen LogP contribution is -2.38. The third-order valence-corrected chi connectivity index (χ3v) is 4.28. The van der Waals surface area contributed by atoms with E-state index < -0.39 is 0 Å². The second-order valence-electron chi connectivity index (χ2n) is 5.88. The molecule has 1 N–H and O–H groups in total. The molecule has 0 radical (unpaired) electrons. The van der Waals surface area contributed by atoms with Crippen LogP contribution in [0, 0.1) is 11.8 Å². The van der Waals surface area contributed by atoms with Crippen LogP contribution in [0.25, 0.3) is 0 Å². The molecule has 4 nitrogen and oxygen atoms in total. The summed E-state index contributed by atoms with van der Waals surface area (Å²) in [5, 5.41) is 3.34. The number of anilines is 1. The maximum atomic E-state index is 5.01. The number of hydrogen-bond acceptors (Lipinski definition) is 4. The molecule has 4 heteroatoms. The van der Waals surface area contributed by atoms with E-state index in [-0.39, 0.29) is 0 Å². The van der Waals surface area contributed by atoms with Gasteiger partial charge in [0.2, 0.25) is 0 Å². The first-order chi connectivity index (χ1) is 9.70. The minimum atomic E-state index is 0.745. The van der Waals surface area contributed by atoms with Crippen molar-refractivity contribution in [2.24, 2.45) is 11.8 Å². The molecule has 0 spiro atoms. The van der Waals surface area contributed by atoms with E-state index in [2.05, 4.69) is 41.2 Å². The molecule has 0 aromatic carbocycles. The number of aromatic nitrogens is 1. The molecule has 1 aromatic rings. The second kappa shape index (κ2) is 7.60. The molecule has 1 aliphatic rings. The normalized spacial score (nSPS) is 23.1. The van der Waals surface area contributed by atoms with E-state index in [0.717, 1.165) is 50.4 Å². The average molecular weight is 277 g/mol. The fourth-order valence-corrected chi connectivity index (χ4v) is 2.59. The maximum absolute atomic E-state index is 5.01. The number of piperidine rings is 1. The molecular formula is C16H27N3O. The summed E-state index contributed by atoms with van der Waals surface area (Å²) in [5.41, 5.74) is 1.23. The zero-order chi connectivity index (χ0) is 14.4. The van der Waals surface area contributed by atoms with E-state index >= 15 is 0 Å². The van der Waals surface area contributed by atoms with Crippen LogP contribution in [-0.4, -0.2) is 38.3 Å². The van der Waals surface area contributed by atoms with Gasteiger partial charge in [-0.05, 0) is 29.9 Å². The minimum Gasteiger partial charge on any atom is -0.383 e. The lowest BCUT2D eigenvalue weighted by atomic mass is 9.89. The molecule has 2 rings (SSSR count). The van der Waals surface area contributed by atoms with E-state index in [0.29, 0.717) is 0 Å². The zero-order valence-corrected chi connectivity index (χ0v) is 12.9. The number of nitrogens with zero attached hydrogens (tertiary/aromatic N) is 2. The molecule has 0 amide bonds. The summed E-state index contributed by atoms with van der Waals surface area (Å²) in [5.74, 6) is 2.70.